The van der Waals surface area contributed by atoms with Crippen molar-refractivity contribution in [3.63, 3.8) is 0 Å². The molecule has 84 valence electrons. The van der Waals surface area contributed by atoms with Crippen LogP contribution in [0.4, 0.5) is 0 Å². The third-order valence-corrected chi connectivity index (χ3v) is 2.83. The average Bonchev–Trinajstić information content (AvgIpc) is 2.21. The predicted octanol–water partition coefficient (Wildman–Crippen LogP) is 3.01. The SMILES string of the molecule is COc1cc(C(C)C)cc(CCO)c1Cl. The zero-order valence-electron chi connectivity index (χ0n) is 9.38. The van der Waals surface area contributed by atoms with Crippen LogP contribution in [0.15, 0.2) is 12.1 Å². The molecule has 0 aliphatic rings. The molecule has 0 aromatic heterocycles. The largest absolute Gasteiger partial charge is 0.495 e. The fourth-order valence-electron chi connectivity index (χ4n) is 1.46. The van der Waals surface area contributed by atoms with E-state index < -0.39 is 0 Å². The lowest BCUT2D eigenvalue weighted by Crippen LogP contribution is -1.98. The molecule has 0 saturated carbocycles. The summed E-state index contributed by atoms with van der Waals surface area (Å²) in [5.74, 6) is 1.11. The van der Waals surface area contributed by atoms with Crippen molar-refractivity contribution in [3.8, 4) is 5.75 Å². The summed E-state index contributed by atoms with van der Waals surface area (Å²) < 4.78 is 5.21. The van der Waals surface area contributed by atoms with Crippen LogP contribution in [0.2, 0.25) is 5.02 Å². The molecule has 0 saturated heterocycles. The van der Waals surface area contributed by atoms with Crippen LogP contribution in [0.5, 0.6) is 5.75 Å². The van der Waals surface area contributed by atoms with Crippen LogP contribution < -0.4 is 4.74 Å². The quantitative estimate of drug-likeness (QED) is 0.859. The molecule has 0 radical (unpaired) electrons. The summed E-state index contributed by atoms with van der Waals surface area (Å²) in [5.41, 5.74) is 2.13. The van der Waals surface area contributed by atoms with Crippen LogP contribution in [0, 0.1) is 0 Å². The minimum absolute atomic E-state index is 0.102. The molecular formula is C12H17ClO2. The van der Waals surface area contributed by atoms with E-state index in [-0.39, 0.29) is 6.61 Å². The number of methoxy groups -OCH3 is 1. The van der Waals surface area contributed by atoms with Crippen molar-refractivity contribution in [3.05, 3.63) is 28.3 Å². The Morgan fingerprint density at radius 1 is 1.40 bits per heavy atom. The second-order valence-corrected chi connectivity index (χ2v) is 4.20. The maximum Gasteiger partial charge on any atom is 0.138 e. The van der Waals surface area contributed by atoms with Gasteiger partial charge in [0.15, 0.2) is 0 Å². The molecule has 2 nitrogen and oxygen atoms in total. The van der Waals surface area contributed by atoms with E-state index in [1.807, 2.05) is 12.1 Å². The highest BCUT2D eigenvalue weighted by Gasteiger charge is 2.11. The summed E-state index contributed by atoms with van der Waals surface area (Å²) in [6, 6.07) is 3.99. The van der Waals surface area contributed by atoms with Crippen molar-refractivity contribution in [1.82, 2.24) is 0 Å². The first-order valence-corrected chi connectivity index (χ1v) is 5.45. The van der Waals surface area contributed by atoms with Gasteiger partial charge in [-0.3, -0.25) is 0 Å². The summed E-state index contributed by atoms with van der Waals surface area (Å²) in [5, 5.41) is 9.55. The first kappa shape index (κ1) is 12.3. The fraction of sp³-hybridized carbons (Fsp3) is 0.500. The zero-order valence-corrected chi connectivity index (χ0v) is 10.1. The predicted molar refractivity (Wildman–Crippen MR) is 62.9 cm³/mol. The Morgan fingerprint density at radius 3 is 2.53 bits per heavy atom. The summed E-state index contributed by atoms with van der Waals surface area (Å²) >= 11 is 6.13. The summed E-state index contributed by atoms with van der Waals surface area (Å²) in [7, 11) is 1.61. The molecule has 3 heteroatoms. The molecule has 1 N–H and O–H groups in total. The molecule has 1 rings (SSSR count). The Morgan fingerprint density at radius 2 is 2.07 bits per heavy atom. The van der Waals surface area contributed by atoms with Crippen LogP contribution in [0.1, 0.15) is 30.9 Å². The molecule has 1 aromatic rings. The Kier molecular flexibility index (Phi) is 4.43. The number of hydrogen-bond donors (Lipinski definition) is 1. The van der Waals surface area contributed by atoms with E-state index in [9.17, 15) is 0 Å². The van der Waals surface area contributed by atoms with Crippen molar-refractivity contribution in [2.75, 3.05) is 13.7 Å². The summed E-state index contributed by atoms with van der Waals surface area (Å²) in [6.45, 7) is 4.33. The van der Waals surface area contributed by atoms with Gasteiger partial charge in [-0.2, -0.15) is 0 Å². The molecule has 0 spiro atoms. The van der Waals surface area contributed by atoms with Crippen molar-refractivity contribution in [2.45, 2.75) is 26.2 Å². The highest BCUT2D eigenvalue weighted by molar-refractivity contribution is 6.32. The van der Waals surface area contributed by atoms with E-state index in [1.54, 1.807) is 7.11 Å². The Hall–Kier alpha value is -0.730. The van der Waals surface area contributed by atoms with Crippen LogP contribution in [-0.4, -0.2) is 18.8 Å². The maximum atomic E-state index is 8.94. The molecular weight excluding hydrogens is 212 g/mol. The lowest BCUT2D eigenvalue weighted by atomic mass is 9.99. The van der Waals surface area contributed by atoms with E-state index in [1.165, 1.54) is 5.56 Å². The van der Waals surface area contributed by atoms with Crippen molar-refractivity contribution in [1.29, 1.82) is 0 Å². The van der Waals surface area contributed by atoms with Crippen molar-refractivity contribution in [2.24, 2.45) is 0 Å². The van der Waals surface area contributed by atoms with E-state index >= 15 is 0 Å². The van der Waals surface area contributed by atoms with Crippen LogP contribution in [0.3, 0.4) is 0 Å². The van der Waals surface area contributed by atoms with Crippen LogP contribution >= 0.6 is 11.6 Å². The lowest BCUT2D eigenvalue weighted by molar-refractivity contribution is 0.299. The van der Waals surface area contributed by atoms with Gasteiger partial charge in [0.25, 0.3) is 0 Å². The standard InChI is InChI=1S/C12H17ClO2/c1-8(2)10-6-9(4-5-14)12(13)11(7-10)15-3/h6-8,14H,4-5H2,1-3H3. The minimum Gasteiger partial charge on any atom is -0.495 e. The van der Waals surface area contributed by atoms with E-state index in [0.29, 0.717) is 23.1 Å². The van der Waals surface area contributed by atoms with E-state index in [2.05, 4.69) is 13.8 Å². The normalized spacial score (nSPS) is 10.8. The van der Waals surface area contributed by atoms with Gasteiger partial charge in [-0.05, 0) is 29.5 Å². The molecule has 0 amide bonds. The molecule has 0 bridgehead atoms. The van der Waals surface area contributed by atoms with Gasteiger partial charge in [0.1, 0.15) is 5.75 Å². The minimum atomic E-state index is 0.102. The number of ether oxygens (including phenoxy) is 1. The molecule has 0 unspecified atom stereocenters. The average molecular weight is 229 g/mol. The molecule has 1 aromatic carbocycles. The smallest absolute Gasteiger partial charge is 0.138 e. The van der Waals surface area contributed by atoms with Crippen molar-refractivity contribution < 1.29 is 9.84 Å². The number of hydrogen-bond acceptors (Lipinski definition) is 2. The van der Waals surface area contributed by atoms with Gasteiger partial charge >= 0.3 is 0 Å². The van der Waals surface area contributed by atoms with Gasteiger partial charge in [0.05, 0.1) is 12.1 Å². The highest BCUT2D eigenvalue weighted by Crippen LogP contribution is 2.32. The van der Waals surface area contributed by atoms with Crippen LogP contribution in [0.25, 0.3) is 0 Å². The monoisotopic (exact) mass is 228 g/mol. The fourth-order valence-corrected chi connectivity index (χ4v) is 1.74. The van der Waals surface area contributed by atoms with E-state index in [0.717, 1.165) is 5.56 Å². The number of benzene rings is 1. The number of halogens is 1. The van der Waals surface area contributed by atoms with Gasteiger partial charge in [0, 0.05) is 6.61 Å². The Balaban J connectivity index is 3.19. The number of aliphatic hydroxyl groups is 1. The maximum absolute atomic E-state index is 8.94. The van der Waals surface area contributed by atoms with Gasteiger partial charge in [-0.1, -0.05) is 31.5 Å². The first-order valence-electron chi connectivity index (χ1n) is 5.07. The summed E-state index contributed by atoms with van der Waals surface area (Å²) in [4.78, 5) is 0. The first-order chi connectivity index (χ1) is 7.10. The van der Waals surface area contributed by atoms with Crippen LogP contribution in [-0.2, 0) is 6.42 Å². The van der Waals surface area contributed by atoms with Gasteiger partial charge in [-0.25, -0.2) is 0 Å². The Labute approximate surface area is 95.8 Å². The van der Waals surface area contributed by atoms with E-state index in [4.69, 9.17) is 21.4 Å². The lowest BCUT2D eigenvalue weighted by Gasteiger charge is -2.13. The molecule has 0 heterocycles. The van der Waals surface area contributed by atoms with Gasteiger partial charge in [0.2, 0.25) is 0 Å². The topological polar surface area (TPSA) is 29.5 Å². The second-order valence-electron chi connectivity index (χ2n) is 3.82. The molecule has 0 atom stereocenters. The number of rotatable bonds is 4. The second kappa shape index (κ2) is 5.38. The van der Waals surface area contributed by atoms with Gasteiger partial charge in [-0.15, -0.1) is 0 Å². The van der Waals surface area contributed by atoms with Crippen molar-refractivity contribution >= 4 is 11.6 Å². The molecule has 0 fully saturated rings. The molecule has 15 heavy (non-hydrogen) atoms. The third-order valence-electron chi connectivity index (χ3n) is 2.40. The zero-order chi connectivity index (χ0) is 11.4. The molecule has 0 aliphatic heterocycles. The Bertz CT molecular complexity index is 335. The summed E-state index contributed by atoms with van der Waals surface area (Å²) in [6.07, 6.45) is 0.565. The third kappa shape index (κ3) is 2.86. The highest BCUT2D eigenvalue weighted by atomic mass is 35.5. The van der Waals surface area contributed by atoms with Gasteiger partial charge < -0.3 is 9.84 Å². The number of aliphatic hydroxyl groups excluding tert-OH is 1. The molecule has 0 aliphatic carbocycles.